The minimum absolute atomic E-state index is 0.0161. The average Bonchev–Trinajstić information content (AvgIpc) is 2.09. The molecule has 1 N–H and O–H groups in total. The Morgan fingerprint density at radius 3 is 2.33 bits per heavy atom. The maximum Gasteiger partial charge on any atom is 0.295 e. The first-order valence-electron chi connectivity index (χ1n) is 4.55. The highest BCUT2D eigenvalue weighted by molar-refractivity contribution is 7.86. The van der Waals surface area contributed by atoms with Crippen LogP contribution in [0.15, 0.2) is 29.7 Å². The number of rotatable bonds is 3. The summed E-state index contributed by atoms with van der Waals surface area (Å²) in [5.41, 5.74) is 2.01. The second-order valence-electron chi connectivity index (χ2n) is 3.47. The highest BCUT2D eigenvalue weighted by atomic mass is 32.2. The van der Waals surface area contributed by atoms with Gasteiger partial charge in [-0.05, 0) is 37.0 Å². The van der Waals surface area contributed by atoms with Gasteiger partial charge >= 0.3 is 0 Å². The lowest BCUT2D eigenvalue weighted by atomic mass is 10.0. The van der Waals surface area contributed by atoms with Crippen molar-refractivity contribution in [1.82, 2.24) is 0 Å². The van der Waals surface area contributed by atoms with E-state index in [0.717, 1.165) is 5.56 Å². The third-order valence-corrected chi connectivity index (χ3v) is 3.38. The molecule has 0 amide bonds. The van der Waals surface area contributed by atoms with Gasteiger partial charge in [0.2, 0.25) is 0 Å². The second kappa shape index (κ2) is 4.16. The predicted molar refractivity (Wildman–Crippen MR) is 59.6 cm³/mol. The van der Waals surface area contributed by atoms with Crippen LogP contribution in [0.4, 0.5) is 0 Å². The summed E-state index contributed by atoms with van der Waals surface area (Å²) in [6.07, 6.45) is 2.05. The fourth-order valence-electron chi connectivity index (χ4n) is 1.60. The van der Waals surface area contributed by atoms with Crippen LogP contribution in [-0.4, -0.2) is 13.0 Å². The summed E-state index contributed by atoms with van der Waals surface area (Å²) >= 11 is 0. The van der Waals surface area contributed by atoms with E-state index in [1.165, 1.54) is 0 Å². The Hall–Kier alpha value is -1.13. The van der Waals surface area contributed by atoms with Crippen LogP contribution in [0.25, 0.3) is 0 Å². The van der Waals surface area contributed by atoms with Gasteiger partial charge in [0, 0.05) is 0 Å². The molecule has 0 fully saturated rings. The molecule has 1 rings (SSSR count). The van der Waals surface area contributed by atoms with Gasteiger partial charge in [0.25, 0.3) is 10.1 Å². The molecule has 3 nitrogen and oxygen atoms in total. The lowest BCUT2D eigenvalue weighted by Crippen LogP contribution is -2.07. The summed E-state index contributed by atoms with van der Waals surface area (Å²) in [7, 11) is -4.16. The van der Waals surface area contributed by atoms with Crippen LogP contribution in [0.2, 0.25) is 0 Å². The summed E-state index contributed by atoms with van der Waals surface area (Å²) in [6, 6.07) is 3.52. The molecule has 0 saturated carbocycles. The number of benzene rings is 1. The first-order chi connectivity index (χ1) is 6.88. The van der Waals surface area contributed by atoms with Gasteiger partial charge in [-0.25, -0.2) is 0 Å². The molecule has 15 heavy (non-hydrogen) atoms. The molecule has 0 aliphatic carbocycles. The van der Waals surface area contributed by atoms with Gasteiger partial charge in [-0.15, -0.1) is 6.58 Å². The van der Waals surface area contributed by atoms with Gasteiger partial charge in [-0.3, -0.25) is 4.55 Å². The number of hydrogen-bond donors (Lipinski definition) is 1. The molecule has 0 bridgehead atoms. The van der Waals surface area contributed by atoms with Crippen molar-refractivity contribution in [3.8, 4) is 0 Å². The smallest absolute Gasteiger partial charge is 0.282 e. The number of hydrogen-bond acceptors (Lipinski definition) is 2. The topological polar surface area (TPSA) is 54.4 Å². The molecule has 4 heteroatoms. The summed E-state index contributed by atoms with van der Waals surface area (Å²) in [4.78, 5) is 0.0161. The zero-order chi connectivity index (χ0) is 11.6. The molecule has 82 valence electrons. The zero-order valence-electron chi connectivity index (χ0n) is 8.82. The van der Waals surface area contributed by atoms with Crippen LogP contribution in [0.5, 0.6) is 0 Å². The lowest BCUT2D eigenvalue weighted by molar-refractivity contribution is 0.481. The van der Waals surface area contributed by atoms with Gasteiger partial charge < -0.3 is 0 Å². The maximum atomic E-state index is 11.2. The Balaban J connectivity index is 3.59. The SMILES string of the molecule is C=CCc1c(C)ccc(C)c1S(=O)(=O)O. The number of allylic oxidation sites excluding steroid dienone is 1. The molecule has 0 saturated heterocycles. The van der Waals surface area contributed by atoms with E-state index in [9.17, 15) is 8.42 Å². The van der Waals surface area contributed by atoms with E-state index >= 15 is 0 Å². The molecule has 0 atom stereocenters. The van der Waals surface area contributed by atoms with Crippen molar-refractivity contribution in [2.24, 2.45) is 0 Å². The van der Waals surface area contributed by atoms with Crippen molar-refractivity contribution in [2.45, 2.75) is 25.2 Å². The van der Waals surface area contributed by atoms with Crippen molar-refractivity contribution >= 4 is 10.1 Å². The van der Waals surface area contributed by atoms with Crippen molar-refractivity contribution in [2.75, 3.05) is 0 Å². The normalized spacial score (nSPS) is 11.4. The molecule has 0 aliphatic heterocycles. The second-order valence-corrected chi connectivity index (χ2v) is 4.83. The molecule has 0 unspecified atom stereocenters. The monoisotopic (exact) mass is 226 g/mol. The Labute approximate surface area is 90.2 Å². The van der Waals surface area contributed by atoms with Crippen LogP contribution in [0, 0.1) is 13.8 Å². The highest BCUT2D eigenvalue weighted by Crippen LogP contribution is 2.24. The van der Waals surface area contributed by atoms with E-state index in [0.29, 0.717) is 17.5 Å². The summed E-state index contributed by atoms with van der Waals surface area (Å²) in [5, 5.41) is 0. The van der Waals surface area contributed by atoms with Gasteiger partial charge in [0.1, 0.15) is 4.90 Å². The predicted octanol–water partition coefficient (Wildman–Crippen LogP) is 2.28. The third-order valence-electron chi connectivity index (χ3n) is 2.30. The number of aryl methyl sites for hydroxylation is 2. The Morgan fingerprint density at radius 2 is 1.87 bits per heavy atom. The molecular weight excluding hydrogens is 212 g/mol. The molecule has 1 aromatic rings. The molecule has 0 spiro atoms. The molecule has 0 heterocycles. The largest absolute Gasteiger partial charge is 0.295 e. The third kappa shape index (κ3) is 2.46. The van der Waals surface area contributed by atoms with Crippen LogP contribution in [-0.2, 0) is 16.5 Å². The van der Waals surface area contributed by atoms with Crippen LogP contribution in [0.1, 0.15) is 16.7 Å². The minimum atomic E-state index is -4.16. The lowest BCUT2D eigenvalue weighted by Gasteiger charge is -2.11. The average molecular weight is 226 g/mol. The first-order valence-corrected chi connectivity index (χ1v) is 5.99. The van der Waals surface area contributed by atoms with E-state index < -0.39 is 10.1 Å². The van der Waals surface area contributed by atoms with Crippen LogP contribution >= 0.6 is 0 Å². The van der Waals surface area contributed by atoms with E-state index in [-0.39, 0.29) is 4.90 Å². The quantitative estimate of drug-likeness (QED) is 0.635. The van der Waals surface area contributed by atoms with E-state index in [1.54, 1.807) is 19.1 Å². The van der Waals surface area contributed by atoms with Crippen molar-refractivity contribution in [3.05, 3.63) is 41.5 Å². The fraction of sp³-hybridized carbons (Fsp3) is 0.273. The standard InChI is InChI=1S/C11H14O3S/c1-4-5-10-8(2)6-7-9(3)11(10)15(12,13)14/h4,6-7H,1,5H2,2-3H3,(H,12,13,14). The molecule has 0 aromatic heterocycles. The van der Waals surface area contributed by atoms with Crippen molar-refractivity contribution in [1.29, 1.82) is 0 Å². The summed E-state index contributed by atoms with van der Waals surface area (Å²) < 4.78 is 31.6. The van der Waals surface area contributed by atoms with Gasteiger partial charge in [-0.1, -0.05) is 18.2 Å². The van der Waals surface area contributed by atoms with Gasteiger partial charge in [-0.2, -0.15) is 8.42 Å². The Bertz CT molecular complexity index is 487. The van der Waals surface area contributed by atoms with Crippen LogP contribution < -0.4 is 0 Å². The summed E-state index contributed by atoms with van der Waals surface area (Å²) in [6.45, 7) is 7.05. The Morgan fingerprint density at radius 1 is 1.33 bits per heavy atom. The van der Waals surface area contributed by atoms with E-state index in [1.807, 2.05) is 13.0 Å². The zero-order valence-corrected chi connectivity index (χ0v) is 9.63. The van der Waals surface area contributed by atoms with E-state index in [2.05, 4.69) is 6.58 Å². The Kier molecular flexibility index (Phi) is 3.31. The van der Waals surface area contributed by atoms with Crippen molar-refractivity contribution < 1.29 is 13.0 Å². The molecule has 0 aliphatic rings. The van der Waals surface area contributed by atoms with Gasteiger partial charge in [0.05, 0.1) is 0 Å². The molecular formula is C11H14O3S. The molecule has 0 radical (unpaired) electrons. The fourth-order valence-corrected chi connectivity index (χ4v) is 2.63. The first kappa shape index (κ1) is 11.9. The van der Waals surface area contributed by atoms with Gasteiger partial charge in [0.15, 0.2) is 0 Å². The highest BCUT2D eigenvalue weighted by Gasteiger charge is 2.18. The molecule has 1 aromatic carbocycles. The van der Waals surface area contributed by atoms with E-state index in [4.69, 9.17) is 4.55 Å². The summed E-state index contributed by atoms with van der Waals surface area (Å²) in [5.74, 6) is 0. The minimum Gasteiger partial charge on any atom is -0.282 e. The van der Waals surface area contributed by atoms with Crippen molar-refractivity contribution in [3.63, 3.8) is 0 Å². The van der Waals surface area contributed by atoms with Crippen LogP contribution in [0.3, 0.4) is 0 Å². The maximum absolute atomic E-state index is 11.2.